The zero-order chi connectivity index (χ0) is 17.6. The highest BCUT2D eigenvalue weighted by Crippen LogP contribution is 2.21. The molecule has 1 aliphatic heterocycles. The summed E-state index contributed by atoms with van der Waals surface area (Å²) in [6, 6.07) is 6.94. The SMILES string of the molecule is O=C(NCCc1ccc(Cl)cc1Cl)c1ccnc(N2CCOCC2)n1. The van der Waals surface area contributed by atoms with E-state index in [9.17, 15) is 4.79 Å². The van der Waals surface area contributed by atoms with Crippen molar-refractivity contribution in [3.05, 3.63) is 51.8 Å². The van der Waals surface area contributed by atoms with Crippen LogP contribution in [0.2, 0.25) is 10.0 Å². The van der Waals surface area contributed by atoms with Crippen LogP contribution in [0.25, 0.3) is 0 Å². The van der Waals surface area contributed by atoms with Crippen LogP contribution >= 0.6 is 23.2 Å². The predicted octanol–water partition coefficient (Wildman–Crippen LogP) is 2.59. The van der Waals surface area contributed by atoms with Gasteiger partial charge in [0, 0.05) is 35.9 Å². The maximum atomic E-state index is 12.3. The molecule has 0 unspecified atom stereocenters. The number of carbonyl (C=O) groups excluding carboxylic acids is 1. The Balaban J connectivity index is 1.57. The highest BCUT2D eigenvalue weighted by molar-refractivity contribution is 6.35. The van der Waals surface area contributed by atoms with Crippen LogP contribution in [0.5, 0.6) is 0 Å². The van der Waals surface area contributed by atoms with Crippen molar-refractivity contribution < 1.29 is 9.53 Å². The number of benzene rings is 1. The molecule has 0 atom stereocenters. The second kappa shape index (κ2) is 8.47. The standard InChI is InChI=1S/C17H18Cl2N4O2/c18-13-2-1-12(14(19)11-13)3-5-20-16(24)15-4-6-21-17(22-15)23-7-9-25-10-8-23/h1-2,4,6,11H,3,5,7-10H2,(H,20,24). The summed E-state index contributed by atoms with van der Waals surface area (Å²) in [6.07, 6.45) is 2.21. The molecule has 1 aromatic carbocycles. The Morgan fingerprint density at radius 2 is 2.04 bits per heavy atom. The van der Waals surface area contributed by atoms with Crippen molar-refractivity contribution in [1.29, 1.82) is 0 Å². The number of halogens is 2. The molecule has 0 saturated carbocycles. The third-order valence-electron chi connectivity index (χ3n) is 3.86. The molecular formula is C17H18Cl2N4O2. The fourth-order valence-electron chi connectivity index (χ4n) is 2.52. The van der Waals surface area contributed by atoms with E-state index in [1.165, 1.54) is 0 Å². The molecule has 0 spiro atoms. The Bertz CT molecular complexity index is 751. The maximum Gasteiger partial charge on any atom is 0.270 e. The van der Waals surface area contributed by atoms with Gasteiger partial charge >= 0.3 is 0 Å². The summed E-state index contributed by atoms with van der Waals surface area (Å²) < 4.78 is 5.32. The third kappa shape index (κ3) is 4.81. The summed E-state index contributed by atoms with van der Waals surface area (Å²) in [6.45, 7) is 3.18. The predicted molar refractivity (Wildman–Crippen MR) is 97.6 cm³/mol. The van der Waals surface area contributed by atoms with Crippen LogP contribution in [-0.2, 0) is 11.2 Å². The van der Waals surface area contributed by atoms with Crippen LogP contribution in [0.1, 0.15) is 16.1 Å². The molecule has 1 aliphatic rings. The number of aromatic nitrogens is 2. The number of ether oxygens (including phenoxy) is 1. The Morgan fingerprint density at radius 3 is 2.80 bits per heavy atom. The molecule has 6 nitrogen and oxygen atoms in total. The molecule has 8 heteroatoms. The first kappa shape index (κ1) is 17.9. The van der Waals surface area contributed by atoms with E-state index in [-0.39, 0.29) is 5.91 Å². The van der Waals surface area contributed by atoms with E-state index in [1.54, 1.807) is 24.4 Å². The normalized spacial score (nSPS) is 14.4. The van der Waals surface area contributed by atoms with Gasteiger partial charge in [-0.2, -0.15) is 0 Å². The van der Waals surface area contributed by atoms with Crippen molar-refractivity contribution in [1.82, 2.24) is 15.3 Å². The molecule has 1 amide bonds. The largest absolute Gasteiger partial charge is 0.378 e. The van der Waals surface area contributed by atoms with E-state index in [0.29, 0.717) is 47.9 Å². The van der Waals surface area contributed by atoms with Gasteiger partial charge in [0.1, 0.15) is 5.69 Å². The number of nitrogens with zero attached hydrogens (tertiary/aromatic N) is 3. The fraction of sp³-hybridized carbons (Fsp3) is 0.353. The van der Waals surface area contributed by atoms with Gasteiger partial charge in [-0.25, -0.2) is 9.97 Å². The monoisotopic (exact) mass is 380 g/mol. The van der Waals surface area contributed by atoms with E-state index in [2.05, 4.69) is 15.3 Å². The quantitative estimate of drug-likeness (QED) is 0.863. The van der Waals surface area contributed by atoms with Gasteiger partial charge in [-0.15, -0.1) is 0 Å². The van der Waals surface area contributed by atoms with Gasteiger partial charge in [0.25, 0.3) is 5.91 Å². The zero-order valence-electron chi connectivity index (χ0n) is 13.5. The lowest BCUT2D eigenvalue weighted by atomic mass is 10.1. The highest BCUT2D eigenvalue weighted by Gasteiger charge is 2.16. The van der Waals surface area contributed by atoms with Gasteiger partial charge < -0.3 is 15.0 Å². The fourth-order valence-corrected chi connectivity index (χ4v) is 3.02. The Kier molecular flexibility index (Phi) is 6.07. The number of morpholine rings is 1. The minimum atomic E-state index is -0.234. The van der Waals surface area contributed by atoms with E-state index in [1.807, 2.05) is 11.0 Å². The summed E-state index contributed by atoms with van der Waals surface area (Å²) in [4.78, 5) is 22.9. The number of hydrogen-bond acceptors (Lipinski definition) is 5. The summed E-state index contributed by atoms with van der Waals surface area (Å²) >= 11 is 12.0. The first-order chi connectivity index (χ1) is 12.1. The number of rotatable bonds is 5. The smallest absolute Gasteiger partial charge is 0.270 e. The Labute approximate surface area is 156 Å². The van der Waals surface area contributed by atoms with E-state index >= 15 is 0 Å². The number of hydrogen-bond donors (Lipinski definition) is 1. The van der Waals surface area contributed by atoms with Gasteiger partial charge in [0.05, 0.1) is 13.2 Å². The minimum Gasteiger partial charge on any atom is -0.378 e. The summed E-state index contributed by atoms with van der Waals surface area (Å²) in [7, 11) is 0. The molecule has 2 aromatic rings. The molecule has 3 rings (SSSR count). The number of carbonyl (C=O) groups is 1. The van der Waals surface area contributed by atoms with Gasteiger partial charge in [-0.05, 0) is 30.2 Å². The van der Waals surface area contributed by atoms with Crippen molar-refractivity contribution in [2.24, 2.45) is 0 Å². The molecule has 2 heterocycles. The van der Waals surface area contributed by atoms with Crippen molar-refractivity contribution in [2.75, 3.05) is 37.7 Å². The van der Waals surface area contributed by atoms with Crippen molar-refractivity contribution >= 4 is 35.1 Å². The molecule has 1 fully saturated rings. The van der Waals surface area contributed by atoms with E-state index in [4.69, 9.17) is 27.9 Å². The molecule has 1 aromatic heterocycles. The van der Waals surface area contributed by atoms with Gasteiger partial charge in [-0.1, -0.05) is 29.3 Å². The molecule has 25 heavy (non-hydrogen) atoms. The molecular weight excluding hydrogens is 363 g/mol. The second-order valence-corrected chi connectivity index (χ2v) is 6.43. The van der Waals surface area contributed by atoms with Gasteiger partial charge in [0.2, 0.25) is 5.95 Å². The van der Waals surface area contributed by atoms with Gasteiger partial charge in [0.15, 0.2) is 0 Å². The third-order valence-corrected chi connectivity index (χ3v) is 4.45. The molecule has 1 saturated heterocycles. The second-order valence-electron chi connectivity index (χ2n) is 5.58. The van der Waals surface area contributed by atoms with E-state index < -0.39 is 0 Å². The van der Waals surface area contributed by atoms with Crippen LogP contribution in [0.4, 0.5) is 5.95 Å². The maximum absolute atomic E-state index is 12.3. The van der Waals surface area contributed by atoms with Crippen molar-refractivity contribution in [2.45, 2.75) is 6.42 Å². The Hall–Kier alpha value is -1.89. The average molecular weight is 381 g/mol. The van der Waals surface area contributed by atoms with Crippen LogP contribution in [0.15, 0.2) is 30.5 Å². The lowest BCUT2D eigenvalue weighted by molar-refractivity contribution is 0.0949. The molecule has 0 bridgehead atoms. The molecule has 132 valence electrons. The van der Waals surface area contributed by atoms with Crippen LogP contribution in [0.3, 0.4) is 0 Å². The van der Waals surface area contributed by atoms with Crippen molar-refractivity contribution in [3.8, 4) is 0 Å². The first-order valence-electron chi connectivity index (χ1n) is 8.01. The number of nitrogens with one attached hydrogen (secondary N) is 1. The summed E-state index contributed by atoms with van der Waals surface area (Å²) in [5.41, 5.74) is 1.28. The zero-order valence-corrected chi connectivity index (χ0v) is 15.1. The minimum absolute atomic E-state index is 0.234. The molecule has 0 radical (unpaired) electrons. The number of anilines is 1. The summed E-state index contributed by atoms with van der Waals surface area (Å²) in [5.74, 6) is 0.318. The Morgan fingerprint density at radius 1 is 1.24 bits per heavy atom. The highest BCUT2D eigenvalue weighted by atomic mass is 35.5. The first-order valence-corrected chi connectivity index (χ1v) is 8.77. The topological polar surface area (TPSA) is 67.4 Å². The van der Waals surface area contributed by atoms with Crippen LogP contribution in [0, 0.1) is 0 Å². The molecule has 0 aliphatic carbocycles. The van der Waals surface area contributed by atoms with Gasteiger partial charge in [-0.3, -0.25) is 4.79 Å². The van der Waals surface area contributed by atoms with Crippen LogP contribution in [-0.4, -0.2) is 48.7 Å². The van der Waals surface area contributed by atoms with Crippen LogP contribution < -0.4 is 10.2 Å². The van der Waals surface area contributed by atoms with E-state index in [0.717, 1.165) is 18.7 Å². The number of amides is 1. The van der Waals surface area contributed by atoms with Crippen molar-refractivity contribution in [3.63, 3.8) is 0 Å². The molecule has 1 N–H and O–H groups in total. The summed E-state index contributed by atoms with van der Waals surface area (Å²) in [5, 5.41) is 4.04. The average Bonchev–Trinajstić information content (AvgIpc) is 2.64. The lowest BCUT2D eigenvalue weighted by Crippen LogP contribution is -2.37. The lowest BCUT2D eigenvalue weighted by Gasteiger charge is -2.26.